The molecule has 7 nitrogen and oxygen atoms in total. The van der Waals surface area contributed by atoms with Crippen molar-refractivity contribution in [3.8, 4) is 11.5 Å². The van der Waals surface area contributed by atoms with Gasteiger partial charge in [-0.1, -0.05) is 12.1 Å². The van der Waals surface area contributed by atoms with E-state index >= 15 is 0 Å². The predicted octanol–water partition coefficient (Wildman–Crippen LogP) is 3.08. The third kappa shape index (κ3) is 4.20. The minimum absolute atomic E-state index is 0.116. The molecule has 0 atom stereocenters. The molecule has 2 aliphatic rings. The van der Waals surface area contributed by atoms with Crippen LogP contribution in [0.25, 0.3) is 0 Å². The Kier molecular flexibility index (Phi) is 6.06. The monoisotopic (exact) mass is 431 g/mol. The molecule has 0 aliphatic carbocycles. The fourth-order valence-electron chi connectivity index (χ4n) is 4.26. The van der Waals surface area contributed by atoms with Crippen molar-refractivity contribution in [2.24, 2.45) is 0 Å². The first kappa shape index (κ1) is 20.8. The Hall–Kier alpha value is -2.45. The zero-order valence-corrected chi connectivity index (χ0v) is 18.1. The summed E-state index contributed by atoms with van der Waals surface area (Å²) in [5.41, 5.74) is 2.42. The number of methoxy groups -OCH3 is 1. The number of hydrogen-bond donors (Lipinski definition) is 2. The fourth-order valence-corrected chi connectivity index (χ4v) is 5.44. The first-order valence-corrected chi connectivity index (χ1v) is 12.0. The number of rotatable bonds is 7. The van der Waals surface area contributed by atoms with Gasteiger partial charge in [0.05, 0.1) is 18.5 Å². The van der Waals surface area contributed by atoms with Gasteiger partial charge in [-0.25, -0.2) is 13.1 Å². The summed E-state index contributed by atoms with van der Waals surface area (Å²) in [6, 6.07) is 10.4. The van der Waals surface area contributed by atoms with E-state index in [0.717, 1.165) is 68.8 Å². The lowest BCUT2D eigenvalue weighted by molar-refractivity contribution is 0.402. The number of hydrogen-bond acceptors (Lipinski definition) is 6. The lowest BCUT2D eigenvalue weighted by atomic mass is 10.1. The Morgan fingerprint density at radius 1 is 0.967 bits per heavy atom. The molecule has 2 aromatic carbocycles. The number of benzene rings is 2. The van der Waals surface area contributed by atoms with E-state index < -0.39 is 10.0 Å². The van der Waals surface area contributed by atoms with Gasteiger partial charge in [0, 0.05) is 32.7 Å². The Morgan fingerprint density at radius 2 is 1.50 bits per heavy atom. The maximum Gasteiger partial charge on any atom is 0.244 e. The molecule has 0 bridgehead atoms. The highest BCUT2D eigenvalue weighted by atomic mass is 32.2. The van der Waals surface area contributed by atoms with Crippen LogP contribution in [0.4, 0.5) is 11.4 Å². The van der Waals surface area contributed by atoms with Crippen LogP contribution in [-0.2, 0) is 16.6 Å². The molecule has 0 saturated carbocycles. The normalized spacial score (nSPS) is 17.0. The van der Waals surface area contributed by atoms with E-state index in [1.54, 1.807) is 18.2 Å². The van der Waals surface area contributed by atoms with Gasteiger partial charge < -0.3 is 19.6 Å². The quantitative estimate of drug-likeness (QED) is 0.701. The molecule has 4 rings (SSSR count). The van der Waals surface area contributed by atoms with Crippen molar-refractivity contribution in [1.29, 1.82) is 0 Å². The Morgan fingerprint density at radius 3 is 2.03 bits per heavy atom. The highest BCUT2D eigenvalue weighted by molar-refractivity contribution is 7.89. The number of aromatic hydroxyl groups is 1. The van der Waals surface area contributed by atoms with Crippen LogP contribution in [-0.4, -0.2) is 46.8 Å². The van der Waals surface area contributed by atoms with Gasteiger partial charge in [0.1, 0.15) is 10.6 Å². The van der Waals surface area contributed by atoms with E-state index in [-0.39, 0.29) is 11.4 Å². The topological polar surface area (TPSA) is 82.1 Å². The third-order valence-corrected chi connectivity index (χ3v) is 7.29. The largest absolute Gasteiger partial charge is 0.504 e. The summed E-state index contributed by atoms with van der Waals surface area (Å²) in [5, 5.41) is 11.0. The summed E-state index contributed by atoms with van der Waals surface area (Å²) in [6.07, 6.45) is 4.40. The highest BCUT2D eigenvalue weighted by Gasteiger charge is 2.24. The second kappa shape index (κ2) is 8.73. The van der Waals surface area contributed by atoms with E-state index in [1.165, 1.54) is 13.2 Å². The molecule has 2 saturated heterocycles. The Labute approximate surface area is 178 Å². The number of phenolic OH excluding ortho intramolecular Hbond substituents is 1. The second-order valence-corrected chi connectivity index (χ2v) is 9.58. The van der Waals surface area contributed by atoms with Gasteiger partial charge in [0.25, 0.3) is 0 Å². The molecule has 0 aromatic heterocycles. The van der Waals surface area contributed by atoms with Crippen LogP contribution in [0.5, 0.6) is 11.5 Å². The number of para-hydroxylation sites is 1. The van der Waals surface area contributed by atoms with Crippen molar-refractivity contribution in [1.82, 2.24) is 4.72 Å². The number of nitrogens with one attached hydrogen (secondary N) is 1. The molecule has 2 N–H and O–H groups in total. The third-order valence-electron chi connectivity index (χ3n) is 5.85. The van der Waals surface area contributed by atoms with E-state index in [4.69, 9.17) is 4.74 Å². The van der Waals surface area contributed by atoms with Crippen molar-refractivity contribution in [3.63, 3.8) is 0 Å². The van der Waals surface area contributed by atoms with Gasteiger partial charge in [-0.05, 0) is 55.5 Å². The van der Waals surface area contributed by atoms with Crippen LogP contribution in [0, 0.1) is 0 Å². The fraction of sp³-hybridized carbons (Fsp3) is 0.455. The smallest absolute Gasteiger partial charge is 0.244 e. The highest BCUT2D eigenvalue weighted by Crippen LogP contribution is 2.41. The Bertz CT molecular complexity index is 960. The van der Waals surface area contributed by atoms with E-state index in [0.29, 0.717) is 11.5 Å². The lowest BCUT2D eigenvalue weighted by Crippen LogP contribution is -2.25. The summed E-state index contributed by atoms with van der Waals surface area (Å²) in [6.45, 7) is 3.77. The van der Waals surface area contributed by atoms with Gasteiger partial charge in [0.15, 0.2) is 5.75 Å². The molecule has 2 aromatic rings. The molecular formula is C22H29N3O4S. The molecule has 0 amide bonds. The van der Waals surface area contributed by atoms with Crippen molar-refractivity contribution >= 4 is 21.4 Å². The van der Waals surface area contributed by atoms with Gasteiger partial charge in [-0.15, -0.1) is 0 Å². The van der Waals surface area contributed by atoms with Gasteiger partial charge in [0.2, 0.25) is 10.0 Å². The average Bonchev–Trinajstić information content (AvgIpc) is 3.47. The lowest BCUT2D eigenvalue weighted by Gasteiger charge is -2.26. The van der Waals surface area contributed by atoms with Gasteiger partial charge in [-0.3, -0.25) is 0 Å². The van der Waals surface area contributed by atoms with Crippen molar-refractivity contribution in [2.75, 3.05) is 43.1 Å². The zero-order valence-electron chi connectivity index (χ0n) is 17.3. The molecular weight excluding hydrogens is 402 g/mol. The van der Waals surface area contributed by atoms with Gasteiger partial charge in [-0.2, -0.15) is 0 Å². The minimum Gasteiger partial charge on any atom is -0.504 e. The minimum atomic E-state index is -3.74. The zero-order chi connectivity index (χ0) is 21.1. The first-order chi connectivity index (χ1) is 14.5. The molecule has 162 valence electrons. The summed E-state index contributed by atoms with van der Waals surface area (Å²) < 4.78 is 33.6. The van der Waals surface area contributed by atoms with Crippen molar-refractivity contribution in [3.05, 3.63) is 42.0 Å². The molecule has 0 unspecified atom stereocenters. The molecule has 2 fully saturated rings. The SMILES string of the molecule is COc1ccccc1S(=O)(=O)NCc1cc(N2CCCC2)c(O)c(N2CCCC2)c1. The van der Waals surface area contributed by atoms with Crippen LogP contribution >= 0.6 is 0 Å². The standard InChI is InChI=1S/C22H29N3O4S/c1-29-20-8-2-3-9-21(20)30(27,28)23-16-17-14-18(24-10-4-5-11-24)22(26)19(15-17)25-12-6-7-13-25/h2-3,8-9,14-15,23,26H,4-7,10-13,16H2,1H3. The summed E-state index contributed by atoms with van der Waals surface area (Å²) in [5.74, 6) is 0.612. The Balaban J connectivity index is 1.63. The van der Waals surface area contributed by atoms with Crippen molar-refractivity contribution < 1.29 is 18.3 Å². The van der Waals surface area contributed by atoms with Crippen LogP contribution in [0.1, 0.15) is 31.2 Å². The van der Waals surface area contributed by atoms with Crippen molar-refractivity contribution in [2.45, 2.75) is 37.1 Å². The number of sulfonamides is 1. The van der Waals surface area contributed by atoms with Crippen LogP contribution in [0.3, 0.4) is 0 Å². The van der Waals surface area contributed by atoms with E-state index in [9.17, 15) is 13.5 Å². The second-order valence-electron chi connectivity index (χ2n) is 7.85. The summed E-state index contributed by atoms with van der Waals surface area (Å²) >= 11 is 0. The molecule has 8 heteroatoms. The number of ether oxygens (including phenoxy) is 1. The maximum absolute atomic E-state index is 12.9. The average molecular weight is 432 g/mol. The van der Waals surface area contributed by atoms with E-state index in [1.807, 2.05) is 12.1 Å². The molecule has 0 radical (unpaired) electrons. The van der Waals surface area contributed by atoms with Crippen LogP contribution in [0.2, 0.25) is 0 Å². The number of nitrogens with zero attached hydrogens (tertiary/aromatic N) is 2. The number of anilines is 2. The first-order valence-electron chi connectivity index (χ1n) is 10.5. The molecule has 2 heterocycles. The summed E-state index contributed by atoms with van der Waals surface area (Å²) in [4.78, 5) is 4.49. The number of phenols is 1. The molecule has 30 heavy (non-hydrogen) atoms. The van der Waals surface area contributed by atoms with Crippen LogP contribution in [0.15, 0.2) is 41.3 Å². The molecule has 2 aliphatic heterocycles. The summed E-state index contributed by atoms with van der Waals surface area (Å²) in [7, 11) is -2.28. The van der Waals surface area contributed by atoms with Gasteiger partial charge >= 0.3 is 0 Å². The maximum atomic E-state index is 12.9. The predicted molar refractivity (Wildman–Crippen MR) is 118 cm³/mol. The van der Waals surface area contributed by atoms with Crippen LogP contribution < -0.4 is 19.3 Å². The van der Waals surface area contributed by atoms with E-state index in [2.05, 4.69) is 14.5 Å². The molecule has 0 spiro atoms.